The van der Waals surface area contributed by atoms with Crippen molar-refractivity contribution in [1.29, 1.82) is 0 Å². The Morgan fingerprint density at radius 2 is 1.96 bits per heavy atom. The molecule has 0 aromatic carbocycles. The zero-order valence-electron chi connectivity index (χ0n) is 16.1. The van der Waals surface area contributed by atoms with Crippen molar-refractivity contribution in [2.75, 3.05) is 0 Å². The normalized spacial score (nSPS) is 37.7. The number of allylic oxidation sites excluding steroid dienone is 2. The van der Waals surface area contributed by atoms with Gasteiger partial charge in [-0.25, -0.2) is 0 Å². The predicted molar refractivity (Wildman–Crippen MR) is 105 cm³/mol. The van der Waals surface area contributed by atoms with Gasteiger partial charge in [0.2, 0.25) is 0 Å². The Bertz CT molecular complexity index is 410. The SMILES string of the molecule is [B]=C(CCC)C1CCC(C2(C)CCC2C)C(C=CCCCC)C1. The summed E-state index contributed by atoms with van der Waals surface area (Å²) in [5, 5.41) is 0. The molecule has 0 amide bonds. The van der Waals surface area contributed by atoms with E-state index in [1.807, 2.05) is 0 Å². The fourth-order valence-electron chi connectivity index (χ4n) is 5.10. The van der Waals surface area contributed by atoms with Crippen molar-refractivity contribution in [1.82, 2.24) is 0 Å². The molecule has 0 aromatic heterocycles. The summed E-state index contributed by atoms with van der Waals surface area (Å²) in [4.78, 5) is 0. The first kappa shape index (κ1) is 19.0. The number of hydrogen-bond acceptors (Lipinski definition) is 0. The third kappa shape index (κ3) is 4.40. The Hall–Kier alpha value is -0.325. The minimum atomic E-state index is 0.588. The summed E-state index contributed by atoms with van der Waals surface area (Å²) >= 11 is 0. The molecule has 5 atom stereocenters. The molecule has 0 aromatic rings. The summed E-state index contributed by atoms with van der Waals surface area (Å²) in [6.45, 7) is 9.58. The van der Waals surface area contributed by atoms with Crippen LogP contribution in [0.2, 0.25) is 0 Å². The molecule has 1 radical (unpaired) electrons. The van der Waals surface area contributed by atoms with Gasteiger partial charge < -0.3 is 0 Å². The van der Waals surface area contributed by atoms with E-state index >= 15 is 0 Å². The van der Waals surface area contributed by atoms with Gasteiger partial charge in [-0.1, -0.05) is 0 Å². The van der Waals surface area contributed by atoms with Gasteiger partial charge in [0.15, 0.2) is 0 Å². The molecule has 2 aliphatic carbocycles. The van der Waals surface area contributed by atoms with Crippen LogP contribution in [0, 0.1) is 29.1 Å². The van der Waals surface area contributed by atoms with E-state index in [1.54, 1.807) is 0 Å². The molecule has 0 N–H and O–H groups in total. The van der Waals surface area contributed by atoms with Crippen LogP contribution in [0.4, 0.5) is 0 Å². The zero-order valence-corrected chi connectivity index (χ0v) is 16.1. The topological polar surface area (TPSA) is 0 Å². The summed E-state index contributed by atoms with van der Waals surface area (Å²) in [6.07, 6.45) is 18.2. The van der Waals surface area contributed by atoms with Crippen molar-refractivity contribution >= 4 is 13.0 Å². The molecular weight excluding hydrogens is 275 g/mol. The Labute approximate surface area is 146 Å². The molecule has 0 saturated heterocycles. The van der Waals surface area contributed by atoms with Gasteiger partial charge in [-0.2, -0.15) is 0 Å². The molecule has 2 saturated carbocycles. The van der Waals surface area contributed by atoms with E-state index in [1.165, 1.54) is 63.3 Å². The monoisotopic (exact) mass is 313 g/mol. The predicted octanol–water partition coefficient (Wildman–Crippen LogP) is 6.34. The second-order valence-corrected chi connectivity index (χ2v) is 8.62. The molecule has 2 rings (SSSR count). The first-order chi connectivity index (χ1) is 11.0. The molecule has 0 spiro atoms. The first-order valence-corrected chi connectivity index (χ1v) is 10.3. The van der Waals surface area contributed by atoms with Crippen LogP contribution < -0.4 is 0 Å². The van der Waals surface area contributed by atoms with E-state index in [4.69, 9.17) is 7.49 Å². The van der Waals surface area contributed by atoms with Crippen molar-refractivity contribution < 1.29 is 0 Å². The number of rotatable bonds is 8. The maximum atomic E-state index is 6.42. The first-order valence-electron chi connectivity index (χ1n) is 10.3. The summed E-state index contributed by atoms with van der Waals surface area (Å²) in [5.74, 6) is 3.22. The van der Waals surface area contributed by atoms with Crippen molar-refractivity contribution in [3.8, 4) is 0 Å². The molecular formula is C22H38B. The third-order valence-corrected chi connectivity index (χ3v) is 7.16. The molecule has 0 bridgehead atoms. The zero-order chi connectivity index (χ0) is 16.9. The Morgan fingerprint density at radius 1 is 1.17 bits per heavy atom. The van der Waals surface area contributed by atoms with E-state index < -0.39 is 0 Å². The van der Waals surface area contributed by atoms with Gasteiger partial charge >= 0.3 is 146 Å². The van der Waals surface area contributed by atoms with Crippen molar-refractivity contribution in [2.24, 2.45) is 29.1 Å². The van der Waals surface area contributed by atoms with E-state index in [2.05, 4.69) is 39.8 Å². The molecule has 1 heteroatoms. The minimum absolute atomic E-state index is 0.588. The summed E-state index contributed by atoms with van der Waals surface area (Å²) in [5.41, 5.74) is 1.87. The average Bonchev–Trinajstić information content (AvgIpc) is 2.56. The van der Waals surface area contributed by atoms with E-state index in [9.17, 15) is 0 Å². The van der Waals surface area contributed by atoms with Crippen LogP contribution in [0.25, 0.3) is 0 Å². The van der Waals surface area contributed by atoms with E-state index in [0.29, 0.717) is 11.3 Å². The molecule has 0 aliphatic heterocycles. The fourth-order valence-corrected chi connectivity index (χ4v) is 5.10. The van der Waals surface area contributed by atoms with E-state index in [-0.39, 0.29) is 0 Å². The molecule has 0 heterocycles. The Balaban J connectivity index is 2.05. The van der Waals surface area contributed by atoms with Crippen LogP contribution in [0.15, 0.2) is 12.2 Å². The molecule has 129 valence electrons. The Kier molecular flexibility index (Phi) is 7.17. The van der Waals surface area contributed by atoms with Gasteiger partial charge in [0.25, 0.3) is 0 Å². The van der Waals surface area contributed by atoms with Crippen LogP contribution >= 0.6 is 0 Å². The average molecular weight is 313 g/mol. The summed E-state index contributed by atoms with van der Waals surface area (Å²) in [6, 6.07) is 0. The Morgan fingerprint density at radius 3 is 2.52 bits per heavy atom. The third-order valence-electron chi connectivity index (χ3n) is 7.16. The van der Waals surface area contributed by atoms with Gasteiger partial charge in [-0.3, -0.25) is 0 Å². The molecule has 0 nitrogen and oxygen atoms in total. The second kappa shape index (κ2) is 8.68. The van der Waals surface area contributed by atoms with Crippen molar-refractivity contribution in [3.63, 3.8) is 0 Å². The molecule has 2 aliphatic rings. The molecule has 23 heavy (non-hydrogen) atoms. The van der Waals surface area contributed by atoms with Gasteiger partial charge in [-0.15, -0.1) is 0 Å². The maximum absolute atomic E-state index is 6.42. The van der Waals surface area contributed by atoms with Crippen LogP contribution in [-0.2, 0) is 0 Å². The van der Waals surface area contributed by atoms with Gasteiger partial charge in [0, 0.05) is 0 Å². The standard InChI is InChI=1S/C22H38B/c1-5-7-8-9-11-18-16-19(21(23)10-6-2)12-13-20(18)22(4)15-14-17(22)3/h9,11,17-20H,5-8,10,12-16H2,1-4H3. The summed E-state index contributed by atoms with van der Waals surface area (Å²) < 4.78 is 0. The quantitative estimate of drug-likeness (QED) is 0.278. The fraction of sp³-hybridized carbons (Fsp3) is 0.864. The van der Waals surface area contributed by atoms with Crippen LogP contribution in [0.3, 0.4) is 0 Å². The van der Waals surface area contributed by atoms with Crippen LogP contribution in [0.1, 0.15) is 91.9 Å². The van der Waals surface area contributed by atoms with Crippen LogP contribution in [-0.4, -0.2) is 13.0 Å². The second-order valence-electron chi connectivity index (χ2n) is 8.62. The van der Waals surface area contributed by atoms with Gasteiger partial charge in [0.05, 0.1) is 0 Å². The van der Waals surface area contributed by atoms with Gasteiger partial charge in [0.1, 0.15) is 0 Å². The number of hydrogen-bond donors (Lipinski definition) is 0. The van der Waals surface area contributed by atoms with E-state index in [0.717, 1.165) is 24.2 Å². The van der Waals surface area contributed by atoms with Crippen molar-refractivity contribution in [2.45, 2.75) is 91.9 Å². The van der Waals surface area contributed by atoms with Crippen molar-refractivity contribution in [3.05, 3.63) is 12.2 Å². The summed E-state index contributed by atoms with van der Waals surface area (Å²) in [7, 11) is 6.42. The molecule has 2 fully saturated rings. The number of unbranched alkanes of at least 4 members (excludes halogenated alkanes) is 2. The van der Waals surface area contributed by atoms with Gasteiger partial charge in [-0.05, 0) is 0 Å². The molecule has 5 unspecified atom stereocenters. The van der Waals surface area contributed by atoms with Crippen LogP contribution in [0.5, 0.6) is 0 Å².